The zero-order chi connectivity index (χ0) is 48.6. The standard InChI is InChI=1S/C50H72N4O12/c1-11-12-13-14-15-16-21-53-22-24-54(25-23-53)51-27-35-40-45(60)38-37(44(35)59)39-47(33(7)43(38)58)66-50(9,48(39)61)64-26-20-36(63-10)30(4)46(65-34(8)55)32(6)42(57)31(5)41(56)28(2)18-17-19-29(3)49(62)52-40/h17-20,26-28,30-32,36,41-42,46,56-60H,11-16,21-25H2,1-10H3,(H,52,62)/b18-17+,26-20+,29-19+,51-27-. The van der Waals surface area contributed by atoms with Gasteiger partial charge >= 0.3 is 11.8 Å². The number of esters is 1. The molecule has 6 N–H and O–H groups in total. The first-order valence-corrected chi connectivity index (χ1v) is 23.4. The van der Waals surface area contributed by atoms with Crippen LogP contribution in [0.4, 0.5) is 5.69 Å². The van der Waals surface area contributed by atoms with Gasteiger partial charge in [-0.25, -0.2) is 0 Å². The number of aliphatic hydroxyl groups is 2. The lowest BCUT2D eigenvalue weighted by Gasteiger charge is -2.38. The molecule has 16 nitrogen and oxygen atoms in total. The Bertz CT molecular complexity index is 2200. The highest BCUT2D eigenvalue weighted by Gasteiger charge is 2.50. The van der Waals surface area contributed by atoms with E-state index in [9.17, 15) is 39.9 Å². The second kappa shape index (κ2) is 22.6. The van der Waals surface area contributed by atoms with E-state index in [1.54, 1.807) is 46.8 Å². The largest absolute Gasteiger partial charge is 0.507 e. The summed E-state index contributed by atoms with van der Waals surface area (Å²) in [6.45, 7) is 18.5. The smallest absolute Gasteiger partial charge is 0.312 e. The van der Waals surface area contributed by atoms with Crippen molar-refractivity contribution < 1.29 is 58.9 Å². The van der Waals surface area contributed by atoms with Gasteiger partial charge in [-0.1, -0.05) is 85.0 Å². The molecule has 4 heterocycles. The number of aliphatic hydroxyl groups excluding tert-OH is 2. The number of aromatic hydroxyl groups is 3. The van der Waals surface area contributed by atoms with Crippen molar-refractivity contribution in [2.45, 2.75) is 131 Å². The maximum absolute atomic E-state index is 14.6. The number of carbonyl (C=O) groups excluding carboxylic acids is 3. The number of anilines is 1. The van der Waals surface area contributed by atoms with Gasteiger partial charge < -0.3 is 49.8 Å². The van der Waals surface area contributed by atoms with Gasteiger partial charge in [-0.15, -0.1) is 0 Å². The van der Waals surface area contributed by atoms with E-state index >= 15 is 0 Å². The summed E-state index contributed by atoms with van der Waals surface area (Å²) in [7, 11) is 1.44. The fraction of sp³-hybridized carbons (Fsp3) is 0.600. The number of benzene rings is 2. The number of carbonyl (C=O) groups is 3. The summed E-state index contributed by atoms with van der Waals surface area (Å²) >= 11 is 0. The molecule has 0 radical (unpaired) electrons. The Morgan fingerprint density at radius 1 is 0.909 bits per heavy atom. The second-order valence-corrected chi connectivity index (χ2v) is 18.4. The predicted molar refractivity (Wildman–Crippen MR) is 253 cm³/mol. The van der Waals surface area contributed by atoms with Crippen LogP contribution >= 0.6 is 0 Å². The number of hydrazone groups is 1. The number of allylic oxidation sites excluding steroid dienone is 2. The molecule has 0 aromatic heterocycles. The van der Waals surface area contributed by atoms with Crippen LogP contribution in [-0.4, -0.2) is 129 Å². The minimum absolute atomic E-state index is 0.0619. The molecular formula is C50H72N4O12. The molecule has 0 saturated carbocycles. The zero-order valence-corrected chi connectivity index (χ0v) is 40.3. The summed E-state index contributed by atoms with van der Waals surface area (Å²) in [6, 6.07) is 0. The zero-order valence-electron chi connectivity index (χ0n) is 40.3. The van der Waals surface area contributed by atoms with Gasteiger partial charge in [0.25, 0.3) is 11.7 Å². The summed E-state index contributed by atoms with van der Waals surface area (Å²) in [5.74, 6) is -8.30. The number of fused-ring (bicyclic) bond motifs is 14. The third-order valence-electron chi connectivity index (χ3n) is 13.6. The molecule has 1 fully saturated rings. The van der Waals surface area contributed by atoms with Gasteiger partial charge in [-0.2, -0.15) is 5.10 Å². The Balaban J connectivity index is 1.60. The number of nitrogens with one attached hydrogen (secondary N) is 1. The van der Waals surface area contributed by atoms with Crippen LogP contribution in [-0.2, 0) is 23.8 Å². The molecule has 9 atom stereocenters. The Hall–Kier alpha value is -5.16. The molecule has 0 spiro atoms. The van der Waals surface area contributed by atoms with Crippen LogP contribution in [0.25, 0.3) is 10.8 Å². The fourth-order valence-corrected chi connectivity index (χ4v) is 9.20. The highest BCUT2D eigenvalue weighted by Crippen LogP contribution is 2.55. The van der Waals surface area contributed by atoms with Crippen LogP contribution in [0.3, 0.4) is 0 Å². The maximum Gasteiger partial charge on any atom is 0.312 e. The van der Waals surface area contributed by atoms with Crippen molar-refractivity contribution in [2.24, 2.45) is 28.8 Å². The number of amides is 1. The number of unbranched alkanes of at least 4 members (excludes halogenated alkanes) is 5. The summed E-state index contributed by atoms with van der Waals surface area (Å²) in [6.07, 6.45) is 12.2. The number of Topliss-reactive ketones (excluding diaryl/α,β-unsaturated/α-hetero) is 1. The summed E-state index contributed by atoms with van der Waals surface area (Å²) in [5.41, 5.74) is -0.303. The molecule has 2 aromatic rings. The lowest BCUT2D eigenvalue weighted by molar-refractivity contribution is -0.160. The summed E-state index contributed by atoms with van der Waals surface area (Å²) in [5, 5.41) is 67.7. The van der Waals surface area contributed by atoms with Gasteiger partial charge in [-0.05, 0) is 32.9 Å². The van der Waals surface area contributed by atoms with E-state index in [0.29, 0.717) is 13.1 Å². The predicted octanol–water partition coefficient (Wildman–Crippen LogP) is 7.07. The molecule has 4 aliphatic rings. The SMILES string of the molecule is CCCCCCCCN1CCN(/N=C\c2c3c(O)c4c(O)c(C)c5c(c4c2O)C(=O)C(C)(O/C=C/C(OC)C(C)C(OC(C)=O)C(C)C(O)C(C)C(O)C(C)/C=C/C=C(\C)C(=O)N3)O5)CC1. The molecule has 9 unspecified atom stereocenters. The van der Waals surface area contributed by atoms with Crippen LogP contribution in [0, 0.1) is 30.6 Å². The van der Waals surface area contributed by atoms with Crippen LogP contribution < -0.4 is 10.1 Å². The van der Waals surface area contributed by atoms with Crippen molar-refractivity contribution in [1.82, 2.24) is 9.91 Å². The lowest BCUT2D eigenvalue weighted by atomic mass is 9.78. The summed E-state index contributed by atoms with van der Waals surface area (Å²) < 4.78 is 23.8. The number of ether oxygens (including phenoxy) is 4. The molecule has 5 bridgehead atoms. The van der Waals surface area contributed by atoms with Crippen molar-refractivity contribution in [3.05, 3.63) is 52.8 Å². The molecule has 66 heavy (non-hydrogen) atoms. The van der Waals surface area contributed by atoms with Crippen LogP contribution in [0.1, 0.15) is 115 Å². The highest BCUT2D eigenvalue weighted by molar-refractivity contribution is 6.23. The van der Waals surface area contributed by atoms with Crippen molar-refractivity contribution in [2.75, 3.05) is 45.2 Å². The Labute approximate surface area is 388 Å². The minimum Gasteiger partial charge on any atom is -0.507 e. The molecule has 6 rings (SSSR count). The lowest BCUT2D eigenvalue weighted by Crippen LogP contribution is -2.46. The van der Waals surface area contributed by atoms with Crippen LogP contribution in [0.15, 0.2) is 41.2 Å². The van der Waals surface area contributed by atoms with Gasteiger partial charge in [0.1, 0.15) is 23.4 Å². The van der Waals surface area contributed by atoms with Crippen molar-refractivity contribution >= 4 is 40.3 Å². The van der Waals surface area contributed by atoms with Gasteiger partial charge in [0.15, 0.2) is 5.75 Å². The van der Waals surface area contributed by atoms with Crippen LogP contribution in [0.5, 0.6) is 23.0 Å². The fourth-order valence-electron chi connectivity index (χ4n) is 9.20. The number of hydrogen-bond donors (Lipinski definition) is 6. The third kappa shape index (κ3) is 11.3. The Kier molecular flexibility index (Phi) is 17.7. The first-order valence-electron chi connectivity index (χ1n) is 23.4. The topological polar surface area (TPSA) is 220 Å². The molecule has 0 aliphatic carbocycles. The molecule has 1 amide bonds. The molecule has 16 heteroatoms. The number of rotatable bonds is 11. The first-order chi connectivity index (χ1) is 31.3. The molecule has 4 aliphatic heterocycles. The number of methoxy groups -OCH3 is 1. The van der Waals surface area contributed by atoms with E-state index < -0.39 is 88.8 Å². The van der Waals surface area contributed by atoms with Crippen LogP contribution in [0.2, 0.25) is 0 Å². The summed E-state index contributed by atoms with van der Waals surface area (Å²) in [4.78, 5) is 43.2. The van der Waals surface area contributed by atoms with Gasteiger partial charge in [0.05, 0.1) is 53.0 Å². The van der Waals surface area contributed by atoms with Gasteiger partial charge in [0.2, 0.25) is 0 Å². The third-order valence-corrected chi connectivity index (χ3v) is 13.6. The molecular weight excluding hydrogens is 849 g/mol. The van der Waals surface area contributed by atoms with E-state index in [0.717, 1.165) is 26.1 Å². The number of ketones is 1. The average molecular weight is 921 g/mol. The highest BCUT2D eigenvalue weighted by atomic mass is 16.7. The van der Waals surface area contributed by atoms with Crippen molar-refractivity contribution in [3.63, 3.8) is 0 Å². The van der Waals surface area contributed by atoms with Gasteiger partial charge in [0, 0.05) is 87.3 Å². The molecule has 1 saturated heterocycles. The maximum atomic E-state index is 14.6. The Morgan fingerprint density at radius 3 is 2.23 bits per heavy atom. The monoisotopic (exact) mass is 921 g/mol. The number of phenols is 3. The van der Waals surface area contributed by atoms with Gasteiger partial charge in [-0.3, -0.25) is 24.3 Å². The number of phenolic OH excluding ortho intramolecular Hbond substituents is 3. The van der Waals surface area contributed by atoms with E-state index in [2.05, 4.69) is 22.2 Å². The first kappa shape index (κ1) is 51.8. The number of nitrogens with zero attached hydrogens (tertiary/aromatic N) is 3. The second-order valence-electron chi connectivity index (χ2n) is 18.4. The van der Waals surface area contributed by atoms with Crippen molar-refractivity contribution in [3.8, 4) is 23.0 Å². The average Bonchev–Trinajstić information content (AvgIpc) is 3.55. The Morgan fingerprint density at radius 2 is 1.58 bits per heavy atom. The molecule has 2 aromatic carbocycles. The normalized spacial score (nSPS) is 29.9. The van der Waals surface area contributed by atoms with Crippen molar-refractivity contribution in [1.29, 1.82) is 0 Å². The molecule has 364 valence electrons. The number of piperazine rings is 1. The van der Waals surface area contributed by atoms with E-state index in [1.807, 2.05) is 5.01 Å². The number of hydrogen-bond acceptors (Lipinski definition) is 15. The van der Waals surface area contributed by atoms with E-state index in [4.69, 9.17) is 18.9 Å². The quantitative estimate of drug-likeness (QED) is 0.0437. The van der Waals surface area contributed by atoms with E-state index in [1.165, 1.54) is 84.6 Å². The minimum atomic E-state index is -2.05. The van der Waals surface area contributed by atoms with E-state index in [-0.39, 0.29) is 44.5 Å².